The lowest BCUT2D eigenvalue weighted by molar-refractivity contribution is 0.207. The van der Waals surface area contributed by atoms with Crippen molar-refractivity contribution in [1.29, 1.82) is 0 Å². The number of aromatic nitrogens is 3. The molecule has 1 fully saturated rings. The second-order valence-electron chi connectivity index (χ2n) is 5.97. The summed E-state index contributed by atoms with van der Waals surface area (Å²) in [7, 11) is 1.66. The summed E-state index contributed by atoms with van der Waals surface area (Å²) in [6.07, 6.45) is 3.51. The molecule has 2 aromatic rings. The van der Waals surface area contributed by atoms with E-state index in [2.05, 4.69) is 15.5 Å². The molecule has 2 aromatic heterocycles. The minimum atomic E-state index is -0.240. The number of likely N-dealkylation sites (tertiary alicyclic amines) is 1. The summed E-state index contributed by atoms with van der Waals surface area (Å²) in [5.74, 6) is 0. The average molecular weight is 315 g/mol. The number of rotatable bonds is 2. The molecule has 0 bridgehead atoms. The van der Waals surface area contributed by atoms with Crippen LogP contribution in [0, 0.1) is 13.8 Å². The number of pyridine rings is 1. The molecule has 0 spiro atoms. The first kappa shape index (κ1) is 15.3. The van der Waals surface area contributed by atoms with Gasteiger partial charge in [-0.2, -0.15) is 5.10 Å². The minimum Gasteiger partial charge on any atom is -0.317 e. The molecule has 0 aromatic carbocycles. The van der Waals surface area contributed by atoms with Gasteiger partial charge >= 0.3 is 6.03 Å². The summed E-state index contributed by atoms with van der Waals surface area (Å²) in [4.78, 5) is 26.5. The molecule has 0 saturated carbocycles. The van der Waals surface area contributed by atoms with Crippen molar-refractivity contribution in [3.8, 4) is 0 Å². The Bertz CT molecular complexity index is 773. The van der Waals surface area contributed by atoms with Crippen LogP contribution in [0.3, 0.4) is 0 Å². The fourth-order valence-corrected chi connectivity index (χ4v) is 3.24. The fourth-order valence-electron chi connectivity index (χ4n) is 3.24. The van der Waals surface area contributed by atoms with Crippen molar-refractivity contribution < 1.29 is 4.79 Å². The van der Waals surface area contributed by atoms with Gasteiger partial charge in [0.25, 0.3) is 5.56 Å². The summed E-state index contributed by atoms with van der Waals surface area (Å²) in [6.45, 7) is 4.59. The molecule has 1 aliphatic heterocycles. The van der Waals surface area contributed by atoms with E-state index in [0.717, 1.165) is 29.8 Å². The van der Waals surface area contributed by atoms with Crippen molar-refractivity contribution in [3.63, 3.8) is 0 Å². The maximum absolute atomic E-state index is 12.6. The van der Waals surface area contributed by atoms with Gasteiger partial charge in [0.05, 0.1) is 11.7 Å². The molecule has 1 atom stereocenters. The molecule has 2 N–H and O–H groups in total. The smallest absolute Gasteiger partial charge is 0.317 e. The molecule has 7 heteroatoms. The third kappa shape index (κ3) is 2.74. The van der Waals surface area contributed by atoms with Gasteiger partial charge in [0.15, 0.2) is 0 Å². The van der Waals surface area contributed by atoms with Gasteiger partial charge in [-0.05, 0) is 38.8 Å². The van der Waals surface area contributed by atoms with E-state index in [0.29, 0.717) is 12.2 Å². The van der Waals surface area contributed by atoms with Gasteiger partial charge in [-0.3, -0.25) is 9.89 Å². The van der Waals surface area contributed by atoms with Crippen LogP contribution >= 0.6 is 0 Å². The number of aromatic amines is 1. The number of hydrogen-bond acceptors (Lipinski definition) is 3. The van der Waals surface area contributed by atoms with Crippen LogP contribution < -0.4 is 10.9 Å². The Kier molecular flexibility index (Phi) is 3.94. The van der Waals surface area contributed by atoms with E-state index in [1.807, 2.05) is 13.8 Å². The van der Waals surface area contributed by atoms with Crippen molar-refractivity contribution in [2.24, 2.45) is 7.05 Å². The standard InChI is InChI=1S/C16H21N5O2/c1-10-14(11(2)19-18-10)13-7-5-9-21(13)16(23)17-12-6-4-8-20(3)15(12)22/h4,6,8,13H,5,7,9H2,1-3H3,(H,17,23)(H,18,19)/t13-/m0/s1. The molecular weight excluding hydrogens is 294 g/mol. The highest BCUT2D eigenvalue weighted by Crippen LogP contribution is 2.35. The maximum Gasteiger partial charge on any atom is 0.322 e. The maximum atomic E-state index is 12.6. The minimum absolute atomic E-state index is 0.00122. The zero-order valence-corrected chi connectivity index (χ0v) is 13.6. The van der Waals surface area contributed by atoms with Gasteiger partial charge in [0.1, 0.15) is 5.69 Å². The number of anilines is 1. The Labute approximate surface area is 134 Å². The van der Waals surface area contributed by atoms with Gasteiger partial charge in [0, 0.05) is 31.0 Å². The SMILES string of the molecule is Cc1n[nH]c(C)c1[C@@H]1CCCN1C(=O)Nc1cccn(C)c1=O. The fraction of sp³-hybridized carbons (Fsp3) is 0.438. The van der Waals surface area contributed by atoms with E-state index < -0.39 is 0 Å². The third-order valence-corrected chi connectivity index (χ3v) is 4.40. The zero-order chi connectivity index (χ0) is 16.6. The van der Waals surface area contributed by atoms with Crippen LogP contribution in [-0.4, -0.2) is 32.2 Å². The molecular formula is C16H21N5O2. The van der Waals surface area contributed by atoms with Crippen molar-refractivity contribution >= 4 is 11.7 Å². The van der Waals surface area contributed by atoms with Crippen LogP contribution in [0.4, 0.5) is 10.5 Å². The molecule has 7 nitrogen and oxygen atoms in total. The molecule has 1 aliphatic rings. The number of nitrogens with one attached hydrogen (secondary N) is 2. The van der Waals surface area contributed by atoms with Crippen molar-refractivity contribution in [3.05, 3.63) is 45.6 Å². The van der Waals surface area contributed by atoms with E-state index in [4.69, 9.17) is 0 Å². The Balaban J connectivity index is 1.84. The first-order valence-electron chi connectivity index (χ1n) is 7.73. The van der Waals surface area contributed by atoms with Crippen LogP contribution in [0.2, 0.25) is 0 Å². The summed E-state index contributed by atoms with van der Waals surface area (Å²) >= 11 is 0. The van der Waals surface area contributed by atoms with E-state index in [9.17, 15) is 9.59 Å². The lowest BCUT2D eigenvalue weighted by Gasteiger charge is -2.25. The number of carbonyl (C=O) groups is 1. The molecule has 23 heavy (non-hydrogen) atoms. The summed E-state index contributed by atoms with van der Waals surface area (Å²) < 4.78 is 1.45. The van der Waals surface area contributed by atoms with Gasteiger partial charge in [-0.25, -0.2) is 4.79 Å². The molecule has 0 unspecified atom stereocenters. The summed E-state index contributed by atoms with van der Waals surface area (Å²) in [5, 5.41) is 9.95. The normalized spacial score (nSPS) is 17.5. The molecule has 0 radical (unpaired) electrons. The predicted molar refractivity (Wildman–Crippen MR) is 87.4 cm³/mol. The highest BCUT2D eigenvalue weighted by molar-refractivity contribution is 5.89. The van der Waals surface area contributed by atoms with Crippen molar-refractivity contribution in [2.75, 3.05) is 11.9 Å². The molecule has 0 aliphatic carbocycles. The third-order valence-electron chi connectivity index (χ3n) is 4.40. The highest BCUT2D eigenvalue weighted by Gasteiger charge is 2.33. The van der Waals surface area contributed by atoms with Crippen LogP contribution in [-0.2, 0) is 7.05 Å². The Morgan fingerprint density at radius 2 is 2.22 bits per heavy atom. The van der Waals surface area contributed by atoms with Crippen LogP contribution in [0.15, 0.2) is 23.1 Å². The molecule has 1 saturated heterocycles. The Hall–Kier alpha value is -2.57. The van der Waals surface area contributed by atoms with Gasteiger partial charge in [-0.1, -0.05) is 0 Å². The van der Waals surface area contributed by atoms with E-state index in [1.165, 1.54) is 4.57 Å². The van der Waals surface area contributed by atoms with Crippen LogP contribution in [0.5, 0.6) is 0 Å². The second kappa shape index (κ2) is 5.91. The summed E-state index contributed by atoms with van der Waals surface area (Å²) in [6, 6.07) is 3.12. The zero-order valence-electron chi connectivity index (χ0n) is 13.6. The van der Waals surface area contributed by atoms with E-state index >= 15 is 0 Å². The van der Waals surface area contributed by atoms with Gasteiger partial charge in [-0.15, -0.1) is 0 Å². The predicted octanol–water partition coefficient (Wildman–Crippen LogP) is 2.09. The average Bonchev–Trinajstić information content (AvgIpc) is 3.10. The lowest BCUT2D eigenvalue weighted by atomic mass is 10.0. The quantitative estimate of drug-likeness (QED) is 0.890. The van der Waals surface area contributed by atoms with E-state index in [1.54, 1.807) is 30.3 Å². The van der Waals surface area contributed by atoms with Crippen LogP contribution in [0.1, 0.15) is 35.8 Å². The topological polar surface area (TPSA) is 83.0 Å². The lowest BCUT2D eigenvalue weighted by Crippen LogP contribution is -2.36. The number of carbonyl (C=O) groups excluding carboxylic acids is 1. The largest absolute Gasteiger partial charge is 0.322 e. The summed E-state index contributed by atoms with van der Waals surface area (Å²) in [5.41, 5.74) is 3.07. The van der Waals surface area contributed by atoms with Gasteiger partial charge in [0.2, 0.25) is 0 Å². The molecule has 2 amide bonds. The van der Waals surface area contributed by atoms with Crippen molar-refractivity contribution in [2.45, 2.75) is 32.7 Å². The number of nitrogens with zero attached hydrogens (tertiary/aromatic N) is 3. The van der Waals surface area contributed by atoms with Gasteiger partial charge < -0.3 is 14.8 Å². The number of amides is 2. The van der Waals surface area contributed by atoms with E-state index in [-0.39, 0.29) is 17.6 Å². The number of H-pyrrole nitrogens is 1. The number of urea groups is 1. The highest BCUT2D eigenvalue weighted by atomic mass is 16.2. The Morgan fingerprint density at radius 3 is 2.91 bits per heavy atom. The second-order valence-corrected chi connectivity index (χ2v) is 5.97. The first-order valence-corrected chi connectivity index (χ1v) is 7.73. The monoisotopic (exact) mass is 315 g/mol. The van der Waals surface area contributed by atoms with Crippen molar-refractivity contribution in [1.82, 2.24) is 19.7 Å². The first-order chi connectivity index (χ1) is 11.0. The molecule has 3 rings (SSSR count). The Morgan fingerprint density at radius 1 is 1.43 bits per heavy atom. The number of aryl methyl sites for hydroxylation is 3. The molecule has 122 valence electrons. The van der Waals surface area contributed by atoms with Crippen LogP contribution in [0.25, 0.3) is 0 Å². The molecule has 3 heterocycles. The number of hydrogen-bond donors (Lipinski definition) is 2.